The summed E-state index contributed by atoms with van der Waals surface area (Å²) in [5.41, 5.74) is 7.19. The third kappa shape index (κ3) is 6.43. The van der Waals surface area contributed by atoms with E-state index in [0.29, 0.717) is 23.8 Å². The standard InChI is InChI=1S/C36H46N4O3S/c1-25-13-14-26(19-27-21-34-36(35(22-27)43-4)40(3)38-37-34)20-32(25)24-39(2)44(41,42)33-17-15-29(16-18-33)31-12-8-7-11-30(23-31)28-9-5-6-10-28/h13-18,20-22,28,30-31H,5-12,19,23-24H2,1-4H3. The maximum atomic E-state index is 13.7. The normalized spacial score (nSPS) is 19.9. The molecule has 2 aliphatic carbocycles. The molecule has 7 nitrogen and oxygen atoms in total. The Morgan fingerprint density at radius 3 is 2.34 bits per heavy atom. The van der Waals surface area contributed by atoms with Gasteiger partial charge in [-0.1, -0.05) is 80.5 Å². The Kier molecular flexibility index (Phi) is 9.11. The minimum atomic E-state index is -3.64. The summed E-state index contributed by atoms with van der Waals surface area (Å²) in [4.78, 5) is 0.364. The molecule has 0 radical (unpaired) electrons. The van der Waals surface area contributed by atoms with Crippen molar-refractivity contribution < 1.29 is 13.2 Å². The average Bonchev–Trinajstić information content (AvgIpc) is 3.62. The summed E-state index contributed by atoms with van der Waals surface area (Å²) in [5.74, 6) is 3.01. The fourth-order valence-electron chi connectivity index (χ4n) is 7.68. The van der Waals surface area contributed by atoms with E-state index in [-0.39, 0.29) is 0 Å². The minimum Gasteiger partial charge on any atom is -0.494 e. The summed E-state index contributed by atoms with van der Waals surface area (Å²) in [6, 6.07) is 18.2. The molecule has 2 saturated carbocycles. The van der Waals surface area contributed by atoms with Crippen LogP contribution in [0.5, 0.6) is 5.75 Å². The number of rotatable bonds is 9. The largest absolute Gasteiger partial charge is 0.494 e. The van der Waals surface area contributed by atoms with Crippen molar-refractivity contribution in [1.29, 1.82) is 0 Å². The Bertz CT molecular complexity index is 1710. The summed E-state index contributed by atoms with van der Waals surface area (Å²) in [5, 5.41) is 8.40. The molecule has 2 aliphatic rings. The first-order valence-corrected chi connectivity index (χ1v) is 17.7. The molecule has 0 bridgehead atoms. The highest BCUT2D eigenvalue weighted by Gasteiger charge is 2.30. The molecule has 2 fully saturated rings. The first kappa shape index (κ1) is 30.8. The number of methoxy groups -OCH3 is 1. The van der Waals surface area contributed by atoms with Crippen molar-refractivity contribution in [2.24, 2.45) is 18.9 Å². The van der Waals surface area contributed by atoms with E-state index in [4.69, 9.17) is 4.74 Å². The summed E-state index contributed by atoms with van der Waals surface area (Å²) >= 11 is 0. The van der Waals surface area contributed by atoms with Crippen LogP contribution in [0.3, 0.4) is 0 Å². The van der Waals surface area contributed by atoms with Crippen molar-refractivity contribution in [1.82, 2.24) is 19.3 Å². The van der Waals surface area contributed by atoms with Crippen LogP contribution < -0.4 is 4.74 Å². The molecule has 6 rings (SSSR count). The van der Waals surface area contributed by atoms with Crippen molar-refractivity contribution in [3.63, 3.8) is 0 Å². The third-order valence-corrected chi connectivity index (χ3v) is 12.1. The Morgan fingerprint density at radius 2 is 1.61 bits per heavy atom. The van der Waals surface area contributed by atoms with Crippen molar-refractivity contribution in [3.05, 3.63) is 82.4 Å². The molecule has 0 amide bonds. The smallest absolute Gasteiger partial charge is 0.243 e. The van der Waals surface area contributed by atoms with Gasteiger partial charge in [0.05, 0.1) is 12.0 Å². The van der Waals surface area contributed by atoms with E-state index < -0.39 is 10.0 Å². The van der Waals surface area contributed by atoms with Crippen molar-refractivity contribution in [2.75, 3.05) is 14.2 Å². The molecule has 8 heteroatoms. The quantitative estimate of drug-likeness (QED) is 0.182. The van der Waals surface area contributed by atoms with Crippen LogP contribution in [0, 0.1) is 18.8 Å². The fourth-order valence-corrected chi connectivity index (χ4v) is 8.83. The molecule has 4 aromatic rings. The Labute approximate surface area is 262 Å². The van der Waals surface area contributed by atoms with E-state index in [1.165, 1.54) is 67.7 Å². The van der Waals surface area contributed by atoms with Gasteiger partial charge in [-0.3, -0.25) is 0 Å². The van der Waals surface area contributed by atoms with Crippen LogP contribution in [0.1, 0.15) is 91.5 Å². The van der Waals surface area contributed by atoms with E-state index in [2.05, 4.69) is 40.6 Å². The van der Waals surface area contributed by atoms with Crippen molar-refractivity contribution >= 4 is 21.1 Å². The highest BCUT2D eigenvalue weighted by molar-refractivity contribution is 7.89. The van der Waals surface area contributed by atoms with Gasteiger partial charge in [-0.2, -0.15) is 4.31 Å². The van der Waals surface area contributed by atoms with E-state index in [0.717, 1.165) is 50.9 Å². The van der Waals surface area contributed by atoms with Crippen molar-refractivity contribution in [2.45, 2.75) is 88.5 Å². The molecular formula is C36H46N4O3S. The number of ether oxygens (including phenoxy) is 1. The van der Waals surface area contributed by atoms with Crippen LogP contribution in [-0.4, -0.2) is 41.9 Å². The zero-order chi connectivity index (χ0) is 30.8. The fraction of sp³-hybridized carbons (Fsp3) is 0.500. The van der Waals surface area contributed by atoms with Crippen LogP contribution in [0.15, 0.2) is 59.5 Å². The Hall–Kier alpha value is -3.23. The Morgan fingerprint density at radius 1 is 0.909 bits per heavy atom. The van der Waals surface area contributed by atoms with Gasteiger partial charge in [-0.15, -0.1) is 5.10 Å². The van der Waals surface area contributed by atoms with E-state index in [1.807, 2.05) is 38.2 Å². The highest BCUT2D eigenvalue weighted by atomic mass is 32.2. The number of aromatic nitrogens is 3. The van der Waals surface area contributed by atoms with Gasteiger partial charge in [0.1, 0.15) is 16.8 Å². The maximum absolute atomic E-state index is 13.7. The number of benzene rings is 3. The molecule has 0 aliphatic heterocycles. The predicted octanol–water partition coefficient (Wildman–Crippen LogP) is 7.55. The van der Waals surface area contributed by atoms with Gasteiger partial charge in [-0.05, 0) is 96.0 Å². The number of fused-ring (bicyclic) bond motifs is 1. The molecule has 2 atom stereocenters. The number of nitrogens with zero attached hydrogens (tertiary/aromatic N) is 4. The predicted molar refractivity (Wildman–Crippen MR) is 175 cm³/mol. The SMILES string of the molecule is COc1cc(Cc2ccc(C)c(CN(C)S(=O)(=O)c3ccc(C4CCCCC(C5CCCC5)C4)cc3)c2)cc2nnn(C)c12. The van der Waals surface area contributed by atoms with Gasteiger partial charge >= 0.3 is 0 Å². The van der Waals surface area contributed by atoms with Gasteiger partial charge in [0, 0.05) is 20.6 Å². The molecule has 44 heavy (non-hydrogen) atoms. The number of sulfonamides is 1. The summed E-state index contributed by atoms with van der Waals surface area (Å²) in [6.45, 7) is 2.34. The number of hydrogen-bond donors (Lipinski definition) is 0. The van der Waals surface area contributed by atoms with E-state index in [1.54, 1.807) is 18.8 Å². The van der Waals surface area contributed by atoms with Gasteiger partial charge in [0.25, 0.3) is 0 Å². The second-order valence-electron chi connectivity index (χ2n) is 13.2. The maximum Gasteiger partial charge on any atom is 0.243 e. The lowest BCUT2D eigenvalue weighted by molar-refractivity contribution is 0.292. The first-order valence-electron chi connectivity index (χ1n) is 16.2. The zero-order valence-electron chi connectivity index (χ0n) is 26.6. The molecule has 1 aromatic heterocycles. The van der Waals surface area contributed by atoms with Gasteiger partial charge in [0.15, 0.2) is 0 Å². The molecule has 0 spiro atoms. The summed E-state index contributed by atoms with van der Waals surface area (Å²) in [7, 11) is 1.55. The van der Waals surface area contributed by atoms with Crippen LogP contribution in [0.4, 0.5) is 0 Å². The Balaban J connectivity index is 1.15. The average molecular weight is 615 g/mol. The summed E-state index contributed by atoms with van der Waals surface area (Å²) in [6.07, 6.45) is 12.7. The second kappa shape index (κ2) is 13.0. The topological polar surface area (TPSA) is 77.3 Å². The summed E-state index contributed by atoms with van der Waals surface area (Å²) < 4.78 is 36.2. The molecule has 234 valence electrons. The molecule has 0 N–H and O–H groups in total. The van der Waals surface area contributed by atoms with Crippen LogP contribution in [0.25, 0.3) is 11.0 Å². The van der Waals surface area contributed by atoms with Crippen LogP contribution in [0.2, 0.25) is 0 Å². The lowest BCUT2D eigenvalue weighted by Gasteiger charge is -2.25. The zero-order valence-corrected chi connectivity index (χ0v) is 27.4. The number of aryl methyl sites for hydroxylation is 2. The minimum absolute atomic E-state index is 0.308. The number of hydrogen-bond acceptors (Lipinski definition) is 5. The highest BCUT2D eigenvalue weighted by Crippen LogP contribution is 2.43. The van der Waals surface area contributed by atoms with Crippen LogP contribution in [-0.2, 0) is 30.0 Å². The first-order chi connectivity index (χ1) is 21.2. The monoisotopic (exact) mass is 614 g/mol. The molecular weight excluding hydrogens is 568 g/mol. The van der Waals surface area contributed by atoms with E-state index >= 15 is 0 Å². The molecule has 0 saturated heterocycles. The molecule has 3 aromatic carbocycles. The molecule has 1 heterocycles. The van der Waals surface area contributed by atoms with Crippen LogP contribution >= 0.6 is 0 Å². The lowest BCUT2D eigenvalue weighted by Crippen LogP contribution is -2.27. The van der Waals surface area contributed by atoms with E-state index in [9.17, 15) is 8.42 Å². The molecule has 2 unspecified atom stereocenters. The third-order valence-electron chi connectivity index (χ3n) is 10.3. The van der Waals surface area contributed by atoms with Gasteiger partial charge in [0.2, 0.25) is 10.0 Å². The van der Waals surface area contributed by atoms with Crippen molar-refractivity contribution in [3.8, 4) is 5.75 Å². The van der Waals surface area contributed by atoms with Gasteiger partial charge in [-0.25, -0.2) is 13.1 Å². The lowest BCUT2D eigenvalue weighted by atomic mass is 9.80. The second-order valence-corrected chi connectivity index (χ2v) is 15.2. The van der Waals surface area contributed by atoms with Gasteiger partial charge < -0.3 is 4.74 Å².